The van der Waals surface area contributed by atoms with Gasteiger partial charge < -0.3 is 30.9 Å². The number of alkyl halides is 6. The fourth-order valence-corrected chi connectivity index (χ4v) is 10.1. The fourth-order valence-electron chi connectivity index (χ4n) is 9.35. The van der Waals surface area contributed by atoms with Crippen LogP contribution in [-0.4, -0.2) is 58.3 Å². The number of fused-ring (bicyclic) bond motifs is 9. The third kappa shape index (κ3) is 8.90. The SMILES string of the molecule is CC(C)C(Nc1nc2cc(-c3cc4c(Nc5ccccc5)nc5cc[nH]c(=O)c5c4cc3Br)[nH]c(=O)c2c2cnc(-c3cc4nc(NC(c5ccccc5Cl)C(F)(F)F)c5ccncc5c4c(=O)[nH]3)cc12)C(F)(F)F. The monoisotopic (exact) mass is 1100 g/mol. The van der Waals surface area contributed by atoms with Crippen LogP contribution in [0.4, 0.5) is 49.5 Å². The summed E-state index contributed by atoms with van der Waals surface area (Å²) in [5.41, 5.74) is -0.444. The van der Waals surface area contributed by atoms with Crippen LogP contribution in [0.15, 0.2) is 141 Å². The second-order valence-corrected chi connectivity index (χ2v) is 19.2. The van der Waals surface area contributed by atoms with Gasteiger partial charge in [-0.25, -0.2) is 15.0 Å². The summed E-state index contributed by atoms with van der Waals surface area (Å²) in [4.78, 5) is 72.8. The summed E-state index contributed by atoms with van der Waals surface area (Å²) >= 11 is 9.89. The van der Waals surface area contributed by atoms with Gasteiger partial charge in [0.2, 0.25) is 0 Å². The van der Waals surface area contributed by atoms with E-state index in [9.17, 15) is 40.7 Å². The highest BCUT2D eigenvalue weighted by Gasteiger charge is 2.43. The number of aromatic nitrogens is 8. The average molecular weight is 1100 g/mol. The number of para-hydroxylation sites is 1. The van der Waals surface area contributed by atoms with Crippen LogP contribution in [-0.2, 0) is 0 Å². The Morgan fingerprint density at radius 3 is 1.93 bits per heavy atom. The molecule has 0 aliphatic carbocycles. The van der Waals surface area contributed by atoms with Crippen LogP contribution in [0.2, 0.25) is 5.02 Å². The van der Waals surface area contributed by atoms with E-state index in [-0.39, 0.29) is 88.2 Å². The van der Waals surface area contributed by atoms with Crippen molar-refractivity contribution in [2.75, 3.05) is 16.0 Å². The first-order valence-electron chi connectivity index (χ1n) is 22.9. The van der Waals surface area contributed by atoms with Crippen LogP contribution in [0.25, 0.3) is 87.7 Å². The number of halogens is 8. The molecule has 11 aromatic rings. The van der Waals surface area contributed by atoms with Crippen LogP contribution in [0.5, 0.6) is 0 Å². The Hall–Kier alpha value is -8.43. The number of aromatic amines is 3. The Morgan fingerprint density at radius 1 is 0.613 bits per heavy atom. The molecule has 2 atom stereocenters. The van der Waals surface area contributed by atoms with Gasteiger partial charge in [-0.3, -0.25) is 24.4 Å². The van der Waals surface area contributed by atoms with Crippen molar-refractivity contribution < 1.29 is 26.3 Å². The fraction of sp³-hybridized carbons (Fsp3) is 0.132. The van der Waals surface area contributed by atoms with Crippen molar-refractivity contribution in [3.8, 4) is 22.6 Å². The van der Waals surface area contributed by atoms with E-state index < -0.39 is 41.5 Å². The van der Waals surface area contributed by atoms with Crippen molar-refractivity contribution in [3.63, 3.8) is 0 Å². The van der Waals surface area contributed by atoms with Gasteiger partial charge in [0.25, 0.3) is 16.7 Å². The molecule has 14 nitrogen and oxygen atoms in total. The molecule has 2 unspecified atom stereocenters. The van der Waals surface area contributed by atoms with Gasteiger partial charge in [-0.1, -0.05) is 77.8 Å². The first-order valence-corrected chi connectivity index (χ1v) is 24.1. The first-order chi connectivity index (χ1) is 35.8. The molecule has 0 aliphatic rings. The topological polar surface area (TPSA) is 199 Å². The van der Waals surface area contributed by atoms with Crippen molar-refractivity contribution in [3.05, 3.63) is 168 Å². The number of anilines is 4. The van der Waals surface area contributed by atoms with E-state index in [1.54, 1.807) is 18.2 Å². The van der Waals surface area contributed by atoms with Crippen molar-refractivity contribution in [2.24, 2.45) is 5.92 Å². The maximum Gasteiger partial charge on any atom is 0.412 e. The Bertz CT molecular complexity index is 4320. The smallest absolute Gasteiger partial charge is 0.358 e. The van der Waals surface area contributed by atoms with E-state index in [4.69, 9.17) is 16.6 Å². The molecule has 0 radical (unpaired) electrons. The van der Waals surface area contributed by atoms with Gasteiger partial charge >= 0.3 is 12.4 Å². The highest BCUT2D eigenvalue weighted by atomic mass is 79.9. The lowest BCUT2D eigenvalue weighted by Crippen LogP contribution is -2.40. The van der Waals surface area contributed by atoms with E-state index in [2.05, 4.69) is 66.8 Å². The van der Waals surface area contributed by atoms with Crippen molar-refractivity contribution in [2.45, 2.75) is 38.3 Å². The molecule has 22 heteroatoms. The van der Waals surface area contributed by atoms with E-state index in [1.807, 2.05) is 30.3 Å². The lowest BCUT2D eigenvalue weighted by molar-refractivity contribution is -0.150. The summed E-state index contributed by atoms with van der Waals surface area (Å²) in [6.07, 6.45) is -4.23. The zero-order valence-corrected chi connectivity index (χ0v) is 41.1. The number of pyridine rings is 8. The Kier molecular flexibility index (Phi) is 12.0. The molecule has 75 heavy (non-hydrogen) atoms. The molecule has 376 valence electrons. The van der Waals surface area contributed by atoms with Gasteiger partial charge in [-0.05, 0) is 66.6 Å². The quantitative estimate of drug-likeness (QED) is 0.0562. The minimum atomic E-state index is -4.86. The molecule has 3 aromatic carbocycles. The number of hydrogen-bond donors (Lipinski definition) is 6. The maximum absolute atomic E-state index is 14.8. The third-order valence-electron chi connectivity index (χ3n) is 12.8. The number of nitrogens with zero attached hydrogens (tertiary/aromatic N) is 5. The molecule has 0 spiro atoms. The molecule has 6 N–H and O–H groups in total. The summed E-state index contributed by atoms with van der Waals surface area (Å²) in [6, 6.07) is 21.0. The summed E-state index contributed by atoms with van der Waals surface area (Å²) in [5, 5.41) is 9.94. The van der Waals surface area contributed by atoms with E-state index in [1.165, 1.54) is 87.2 Å². The summed E-state index contributed by atoms with van der Waals surface area (Å²) in [7, 11) is 0. The molecular formula is C53H35BrClF6N11O3. The van der Waals surface area contributed by atoms with Gasteiger partial charge in [0.1, 0.15) is 23.5 Å². The van der Waals surface area contributed by atoms with E-state index in [0.717, 1.165) is 0 Å². The van der Waals surface area contributed by atoms with Gasteiger partial charge in [0, 0.05) is 83.4 Å². The number of nitrogens with one attached hydrogen (secondary N) is 6. The third-order valence-corrected chi connectivity index (χ3v) is 13.8. The summed E-state index contributed by atoms with van der Waals surface area (Å²) in [6.45, 7) is 2.77. The van der Waals surface area contributed by atoms with E-state index >= 15 is 0 Å². The zero-order chi connectivity index (χ0) is 52.7. The first kappa shape index (κ1) is 48.8. The van der Waals surface area contributed by atoms with Gasteiger partial charge in [0.15, 0.2) is 6.04 Å². The van der Waals surface area contributed by atoms with E-state index in [0.29, 0.717) is 43.2 Å². The molecule has 0 fully saturated rings. The average Bonchev–Trinajstić information content (AvgIpc) is 3.39. The van der Waals surface area contributed by atoms with Crippen LogP contribution >= 0.6 is 27.5 Å². The molecular weight excluding hydrogens is 1070 g/mol. The predicted octanol–water partition coefficient (Wildman–Crippen LogP) is 12.9. The maximum atomic E-state index is 14.8. The Morgan fingerprint density at radius 2 is 1.24 bits per heavy atom. The van der Waals surface area contributed by atoms with Crippen molar-refractivity contribution in [1.82, 2.24) is 39.9 Å². The molecule has 8 heterocycles. The minimum Gasteiger partial charge on any atom is -0.358 e. The predicted molar refractivity (Wildman–Crippen MR) is 283 cm³/mol. The zero-order valence-electron chi connectivity index (χ0n) is 38.8. The van der Waals surface area contributed by atoms with Crippen LogP contribution < -0.4 is 32.6 Å². The lowest BCUT2D eigenvalue weighted by Gasteiger charge is -2.26. The van der Waals surface area contributed by atoms with Gasteiger partial charge in [-0.15, -0.1) is 0 Å². The lowest BCUT2D eigenvalue weighted by atomic mass is 10.0. The Balaban J connectivity index is 1.08. The highest BCUT2D eigenvalue weighted by Crippen LogP contribution is 2.42. The molecule has 0 bridgehead atoms. The molecule has 0 saturated heterocycles. The number of rotatable bonds is 10. The molecule has 11 rings (SSSR count). The second-order valence-electron chi connectivity index (χ2n) is 17.9. The normalized spacial score (nSPS) is 13.1. The van der Waals surface area contributed by atoms with Crippen LogP contribution in [0, 0.1) is 5.92 Å². The molecule has 0 saturated carbocycles. The second kappa shape index (κ2) is 18.5. The number of hydrogen-bond acceptors (Lipinski definition) is 11. The largest absolute Gasteiger partial charge is 0.412 e. The molecule has 0 amide bonds. The molecule has 8 aromatic heterocycles. The minimum absolute atomic E-state index is 0.0107. The highest BCUT2D eigenvalue weighted by molar-refractivity contribution is 9.10. The van der Waals surface area contributed by atoms with Crippen LogP contribution in [0.1, 0.15) is 25.5 Å². The van der Waals surface area contributed by atoms with Crippen molar-refractivity contribution >= 4 is 116 Å². The van der Waals surface area contributed by atoms with Gasteiger partial charge in [-0.2, -0.15) is 26.3 Å². The molecule has 0 aliphatic heterocycles. The van der Waals surface area contributed by atoms with Gasteiger partial charge in [0.05, 0.1) is 49.8 Å². The van der Waals surface area contributed by atoms with Crippen molar-refractivity contribution in [1.29, 1.82) is 0 Å². The summed E-state index contributed by atoms with van der Waals surface area (Å²) in [5.74, 6) is -1.15. The van der Waals surface area contributed by atoms with Crippen LogP contribution in [0.3, 0.4) is 0 Å². The Labute approximate surface area is 430 Å². The summed E-state index contributed by atoms with van der Waals surface area (Å²) < 4.78 is 89.2. The number of H-pyrrole nitrogens is 3. The number of benzene rings is 3. The standard InChI is InChI=1S/C53H35BrClF6N11O3/c1-23(2)44(52(56,57)58)71-48-29-18-37(38-20-40-42(51(75)70-38)31-21-62-14-12-25(31)46(67-40)72-45(53(59,60)61)26-10-6-7-11-34(26)55)64-22-32(29)43-39(68-48)19-36(69-50(43)74)30-16-28-27(17-33(30)54)41-35(13-15-63-49(41)73)66-47(28)65-24-8-4-3-5-9-24/h3-23,44-45H,1-2H3,(H,63,73)(H,65,66)(H,67,72)(H,68,71)(H,69,74)(H,70,75).